The summed E-state index contributed by atoms with van der Waals surface area (Å²) in [5.74, 6) is -0.524. The first kappa shape index (κ1) is 20.8. The monoisotopic (exact) mass is 520 g/mol. The minimum absolute atomic E-state index is 0.102. The molecule has 1 heterocycles. The van der Waals surface area contributed by atoms with Crippen LogP contribution in [0.1, 0.15) is 12.5 Å². The number of thiocarbonyl (C=S) groups is 1. The van der Waals surface area contributed by atoms with Gasteiger partial charge in [-0.3, -0.25) is 14.5 Å². The number of hydrogen-bond acceptors (Lipinski definition) is 4. The largest absolute Gasteiger partial charge is 0.325 e. The van der Waals surface area contributed by atoms with Crippen molar-refractivity contribution in [2.45, 2.75) is 6.92 Å². The second-order valence-electron chi connectivity index (χ2n) is 6.12. The second-order valence-corrected chi connectivity index (χ2v) is 9.04. The number of rotatable bonds is 5. The summed E-state index contributed by atoms with van der Waals surface area (Å²) in [5.41, 5.74) is 2.69. The molecule has 0 aliphatic carbocycles. The number of nitrogens with zero attached hydrogens (tertiary/aromatic N) is 1. The fraction of sp³-hybridized carbons (Fsp3) is 0.0952. The van der Waals surface area contributed by atoms with Crippen LogP contribution in [0, 0.1) is 3.57 Å². The van der Waals surface area contributed by atoms with E-state index < -0.39 is 0 Å². The fourth-order valence-electron chi connectivity index (χ4n) is 2.57. The fourth-order valence-corrected chi connectivity index (χ4v) is 4.24. The Balaban J connectivity index is 1.66. The molecule has 1 aliphatic heterocycles. The van der Waals surface area contributed by atoms with Crippen LogP contribution in [-0.4, -0.2) is 27.6 Å². The number of carbonyl (C=O) groups is 2. The molecule has 4 nitrogen and oxygen atoms in total. The quantitative estimate of drug-likeness (QED) is 0.340. The average Bonchev–Trinajstić information content (AvgIpc) is 2.91. The summed E-state index contributed by atoms with van der Waals surface area (Å²) in [6.07, 6.45) is 3.80. The van der Waals surface area contributed by atoms with Gasteiger partial charge < -0.3 is 5.32 Å². The predicted molar refractivity (Wildman–Crippen MR) is 128 cm³/mol. The van der Waals surface area contributed by atoms with Crippen LogP contribution in [-0.2, 0) is 9.59 Å². The molecular formula is C21H17IN2O2S2. The highest BCUT2D eigenvalue weighted by Gasteiger charge is 2.33. The Bertz CT molecular complexity index is 970. The number of hydrogen-bond donors (Lipinski definition) is 1. The maximum Gasteiger partial charge on any atom is 0.266 e. The van der Waals surface area contributed by atoms with Crippen LogP contribution in [0.25, 0.3) is 6.08 Å². The van der Waals surface area contributed by atoms with Crippen LogP contribution in [0.15, 0.2) is 71.2 Å². The predicted octanol–water partition coefficient (Wildman–Crippen LogP) is 5.08. The zero-order chi connectivity index (χ0) is 20.1. The third-order valence-electron chi connectivity index (χ3n) is 3.86. The first-order valence-corrected chi connectivity index (χ1v) is 10.8. The van der Waals surface area contributed by atoms with Crippen LogP contribution in [0.2, 0.25) is 0 Å². The Hall–Kier alpha value is -1.97. The highest BCUT2D eigenvalue weighted by molar-refractivity contribution is 14.1. The summed E-state index contributed by atoms with van der Waals surface area (Å²) in [4.78, 5) is 26.8. The van der Waals surface area contributed by atoms with E-state index >= 15 is 0 Å². The molecule has 2 amide bonds. The highest BCUT2D eigenvalue weighted by atomic mass is 127. The molecule has 1 N–H and O–H groups in total. The number of carbonyl (C=O) groups excluding carboxylic acids is 2. The normalized spacial score (nSPS) is 16.0. The van der Waals surface area contributed by atoms with Gasteiger partial charge in [0.25, 0.3) is 5.91 Å². The van der Waals surface area contributed by atoms with Gasteiger partial charge in [0.15, 0.2) is 0 Å². The molecule has 0 saturated carbocycles. The molecule has 0 radical (unpaired) electrons. The van der Waals surface area contributed by atoms with Gasteiger partial charge in [-0.05, 0) is 71.0 Å². The molecule has 28 heavy (non-hydrogen) atoms. The molecule has 1 aliphatic rings. The van der Waals surface area contributed by atoms with Crippen molar-refractivity contribution in [3.05, 3.63) is 80.3 Å². The molecular weight excluding hydrogens is 503 g/mol. The van der Waals surface area contributed by atoms with Crippen LogP contribution in [0.5, 0.6) is 0 Å². The lowest BCUT2D eigenvalue weighted by Crippen LogP contribution is -2.36. The summed E-state index contributed by atoms with van der Waals surface area (Å²) >= 11 is 8.72. The lowest BCUT2D eigenvalue weighted by molar-refractivity contribution is -0.126. The topological polar surface area (TPSA) is 49.4 Å². The SMILES string of the molecule is CC(/C=C1\SC(=S)N(CC(=O)Nc2ccc(I)cc2)C1=O)=C\c1ccccc1. The maximum absolute atomic E-state index is 12.7. The van der Waals surface area contributed by atoms with Crippen molar-refractivity contribution in [1.29, 1.82) is 0 Å². The zero-order valence-electron chi connectivity index (χ0n) is 15.0. The molecule has 1 saturated heterocycles. The van der Waals surface area contributed by atoms with Crippen molar-refractivity contribution >= 4 is 74.5 Å². The van der Waals surface area contributed by atoms with E-state index in [1.54, 1.807) is 0 Å². The molecule has 0 atom stereocenters. The zero-order valence-corrected chi connectivity index (χ0v) is 18.8. The number of amides is 2. The van der Waals surface area contributed by atoms with Crippen molar-refractivity contribution in [2.75, 3.05) is 11.9 Å². The van der Waals surface area contributed by atoms with E-state index in [1.165, 1.54) is 16.7 Å². The van der Waals surface area contributed by atoms with Gasteiger partial charge in [-0.15, -0.1) is 0 Å². The third kappa shape index (κ3) is 5.52. The van der Waals surface area contributed by atoms with Crippen LogP contribution in [0.4, 0.5) is 5.69 Å². The average molecular weight is 520 g/mol. The molecule has 2 aromatic rings. The van der Waals surface area contributed by atoms with E-state index in [9.17, 15) is 9.59 Å². The first-order chi connectivity index (χ1) is 13.4. The van der Waals surface area contributed by atoms with E-state index in [4.69, 9.17) is 12.2 Å². The Morgan fingerprint density at radius 3 is 2.54 bits per heavy atom. The number of anilines is 1. The minimum Gasteiger partial charge on any atom is -0.325 e. The molecule has 7 heteroatoms. The summed E-state index contributed by atoms with van der Waals surface area (Å²) < 4.78 is 1.47. The molecule has 0 unspecified atom stereocenters. The van der Waals surface area contributed by atoms with Crippen molar-refractivity contribution < 1.29 is 9.59 Å². The summed E-state index contributed by atoms with van der Waals surface area (Å²) in [6, 6.07) is 17.3. The molecule has 2 aromatic carbocycles. The number of benzene rings is 2. The van der Waals surface area contributed by atoms with Gasteiger partial charge in [0.2, 0.25) is 5.91 Å². The summed E-state index contributed by atoms with van der Waals surface area (Å²) in [6.45, 7) is 1.83. The van der Waals surface area contributed by atoms with Gasteiger partial charge in [0.1, 0.15) is 10.9 Å². The Labute approximate surface area is 187 Å². The lowest BCUT2D eigenvalue weighted by atomic mass is 10.1. The molecule has 0 spiro atoms. The maximum atomic E-state index is 12.7. The summed E-state index contributed by atoms with van der Waals surface area (Å²) in [7, 11) is 0. The van der Waals surface area contributed by atoms with Gasteiger partial charge in [0.05, 0.1) is 4.91 Å². The van der Waals surface area contributed by atoms with Crippen LogP contribution in [0.3, 0.4) is 0 Å². The highest BCUT2D eigenvalue weighted by Crippen LogP contribution is 2.32. The van der Waals surface area contributed by atoms with Crippen LogP contribution >= 0.6 is 46.6 Å². The van der Waals surface area contributed by atoms with E-state index in [2.05, 4.69) is 27.9 Å². The molecule has 0 bridgehead atoms. The molecule has 142 valence electrons. The molecule has 3 rings (SSSR count). The number of allylic oxidation sites excluding steroid dienone is 2. The number of thioether (sulfide) groups is 1. The third-order valence-corrected chi connectivity index (χ3v) is 5.95. The van der Waals surface area contributed by atoms with E-state index in [1.807, 2.05) is 73.7 Å². The number of nitrogens with one attached hydrogen (secondary N) is 1. The van der Waals surface area contributed by atoms with Gasteiger partial charge in [-0.2, -0.15) is 0 Å². The summed E-state index contributed by atoms with van der Waals surface area (Å²) in [5, 5.41) is 2.79. The van der Waals surface area contributed by atoms with Crippen molar-refractivity contribution in [2.24, 2.45) is 0 Å². The van der Waals surface area contributed by atoms with E-state index in [0.717, 1.165) is 14.7 Å². The Morgan fingerprint density at radius 2 is 1.86 bits per heavy atom. The first-order valence-electron chi connectivity index (χ1n) is 8.46. The van der Waals surface area contributed by atoms with E-state index in [-0.39, 0.29) is 18.4 Å². The Morgan fingerprint density at radius 1 is 1.18 bits per heavy atom. The molecule has 0 aromatic heterocycles. The van der Waals surface area contributed by atoms with E-state index in [0.29, 0.717) is 14.9 Å². The Kier molecular flexibility index (Phi) is 7.03. The van der Waals surface area contributed by atoms with Crippen LogP contribution < -0.4 is 5.32 Å². The van der Waals surface area contributed by atoms with Crippen molar-refractivity contribution in [3.8, 4) is 0 Å². The smallest absolute Gasteiger partial charge is 0.266 e. The van der Waals surface area contributed by atoms with Gasteiger partial charge in [-0.1, -0.05) is 60.4 Å². The lowest BCUT2D eigenvalue weighted by Gasteiger charge is -2.14. The van der Waals surface area contributed by atoms with Crippen molar-refractivity contribution in [3.63, 3.8) is 0 Å². The van der Waals surface area contributed by atoms with Gasteiger partial charge >= 0.3 is 0 Å². The standard InChI is InChI=1S/C21H17IN2O2S2/c1-14(11-15-5-3-2-4-6-15)12-18-20(26)24(21(27)28-18)13-19(25)23-17-9-7-16(22)8-10-17/h2-12H,13H2,1H3,(H,23,25)/b14-11+,18-12-. The molecule has 1 fully saturated rings. The number of halogens is 1. The van der Waals surface area contributed by atoms with Gasteiger partial charge in [0, 0.05) is 9.26 Å². The van der Waals surface area contributed by atoms with Gasteiger partial charge in [-0.25, -0.2) is 0 Å². The minimum atomic E-state index is -0.282. The second kappa shape index (κ2) is 9.49. The van der Waals surface area contributed by atoms with Crippen molar-refractivity contribution in [1.82, 2.24) is 4.90 Å².